The van der Waals surface area contributed by atoms with Gasteiger partial charge in [0.05, 0.1) is 0 Å². The molecule has 104 valence electrons. The molecule has 2 N–H and O–H groups in total. The number of nitrogens with two attached hydrogens (primary N) is 1. The van der Waals surface area contributed by atoms with Crippen molar-refractivity contribution in [1.82, 2.24) is 0 Å². The third-order valence-corrected chi connectivity index (χ3v) is 3.17. The van der Waals surface area contributed by atoms with E-state index < -0.39 is 5.82 Å². The van der Waals surface area contributed by atoms with Gasteiger partial charge in [0.15, 0.2) is 0 Å². The molecule has 0 aliphatic heterocycles. The minimum Gasteiger partial charge on any atom is -0.326 e. The summed E-state index contributed by atoms with van der Waals surface area (Å²) in [6.07, 6.45) is 0. The van der Waals surface area contributed by atoms with E-state index in [1.165, 1.54) is 17.0 Å². The first kappa shape index (κ1) is 14.2. The van der Waals surface area contributed by atoms with Crippen molar-refractivity contribution in [3.8, 4) is 0 Å². The molecular formula is C16H17FN2O. The minimum absolute atomic E-state index is 0.256. The van der Waals surface area contributed by atoms with Crippen molar-refractivity contribution in [3.63, 3.8) is 0 Å². The standard InChI is InChI=1S/C16H17FN2O/c1-11-7-13(9-14(17)8-11)16(20)19(2)15-6-4-3-5-12(15)10-18/h3-9H,10,18H2,1-2H3. The normalized spacial score (nSPS) is 10.4. The fourth-order valence-electron chi connectivity index (χ4n) is 2.17. The summed E-state index contributed by atoms with van der Waals surface area (Å²) in [5, 5.41) is 0. The molecule has 0 aliphatic rings. The van der Waals surface area contributed by atoms with Crippen molar-refractivity contribution in [2.45, 2.75) is 13.5 Å². The van der Waals surface area contributed by atoms with Crippen molar-refractivity contribution in [3.05, 3.63) is 65.0 Å². The SMILES string of the molecule is Cc1cc(F)cc(C(=O)N(C)c2ccccc2CN)c1. The highest BCUT2D eigenvalue weighted by Gasteiger charge is 2.16. The zero-order valence-electron chi connectivity index (χ0n) is 11.6. The number of anilines is 1. The van der Waals surface area contributed by atoms with Crippen LogP contribution in [0, 0.1) is 12.7 Å². The van der Waals surface area contributed by atoms with Gasteiger partial charge < -0.3 is 10.6 Å². The van der Waals surface area contributed by atoms with Gasteiger partial charge in [0.2, 0.25) is 0 Å². The summed E-state index contributed by atoms with van der Waals surface area (Å²) in [4.78, 5) is 13.9. The number of rotatable bonds is 3. The van der Waals surface area contributed by atoms with Crippen LogP contribution in [0.3, 0.4) is 0 Å². The molecule has 2 rings (SSSR count). The summed E-state index contributed by atoms with van der Waals surface area (Å²) in [6.45, 7) is 2.10. The van der Waals surface area contributed by atoms with Gasteiger partial charge in [0, 0.05) is 24.8 Å². The van der Waals surface area contributed by atoms with Crippen LogP contribution in [0.15, 0.2) is 42.5 Å². The van der Waals surface area contributed by atoms with Gasteiger partial charge in [-0.2, -0.15) is 0 Å². The predicted molar refractivity (Wildman–Crippen MR) is 78.2 cm³/mol. The molecule has 4 heteroatoms. The van der Waals surface area contributed by atoms with Crippen LogP contribution in [0.25, 0.3) is 0 Å². The van der Waals surface area contributed by atoms with Crippen LogP contribution >= 0.6 is 0 Å². The van der Waals surface area contributed by atoms with E-state index >= 15 is 0 Å². The van der Waals surface area contributed by atoms with E-state index in [4.69, 9.17) is 5.73 Å². The topological polar surface area (TPSA) is 46.3 Å². The Morgan fingerprint density at radius 1 is 1.25 bits per heavy atom. The average Bonchev–Trinajstić information content (AvgIpc) is 2.44. The van der Waals surface area contributed by atoms with E-state index in [0.29, 0.717) is 17.7 Å². The van der Waals surface area contributed by atoms with Gasteiger partial charge in [-0.15, -0.1) is 0 Å². The molecule has 3 nitrogen and oxygen atoms in total. The molecule has 0 radical (unpaired) electrons. The first-order valence-electron chi connectivity index (χ1n) is 6.36. The summed E-state index contributed by atoms with van der Waals surface area (Å²) in [5.74, 6) is -0.664. The maximum Gasteiger partial charge on any atom is 0.258 e. The molecule has 0 aliphatic carbocycles. The van der Waals surface area contributed by atoms with Crippen LogP contribution < -0.4 is 10.6 Å². The van der Waals surface area contributed by atoms with E-state index in [9.17, 15) is 9.18 Å². The van der Waals surface area contributed by atoms with E-state index in [2.05, 4.69) is 0 Å². The highest BCUT2D eigenvalue weighted by atomic mass is 19.1. The summed E-state index contributed by atoms with van der Waals surface area (Å²) in [5.41, 5.74) is 8.33. The van der Waals surface area contributed by atoms with E-state index in [-0.39, 0.29) is 5.91 Å². The smallest absolute Gasteiger partial charge is 0.258 e. The molecule has 1 amide bonds. The molecule has 2 aromatic carbocycles. The number of hydrogen-bond acceptors (Lipinski definition) is 2. The molecule has 0 spiro atoms. The largest absolute Gasteiger partial charge is 0.326 e. The van der Waals surface area contributed by atoms with Crippen molar-refractivity contribution in [2.24, 2.45) is 5.73 Å². The maximum atomic E-state index is 13.4. The molecule has 0 bridgehead atoms. The van der Waals surface area contributed by atoms with Gasteiger partial charge in [-0.1, -0.05) is 18.2 Å². The van der Waals surface area contributed by atoms with E-state index in [1.807, 2.05) is 24.3 Å². The Labute approximate surface area is 117 Å². The van der Waals surface area contributed by atoms with Gasteiger partial charge in [-0.05, 0) is 42.3 Å². The first-order valence-corrected chi connectivity index (χ1v) is 6.36. The Bertz CT molecular complexity index is 620. The first-order chi connectivity index (χ1) is 9.52. The number of carbonyl (C=O) groups excluding carboxylic acids is 1. The fraction of sp³-hybridized carbons (Fsp3) is 0.188. The van der Waals surface area contributed by atoms with Gasteiger partial charge in [0.25, 0.3) is 5.91 Å². The molecule has 0 atom stereocenters. The van der Waals surface area contributed by atoms with Crippen LogP contribution in [-0.4, -0.2) is 13.0 Å². The average molecular weight is 272 g/mol. The van der Waals surface area contributed by atoms with Crippen LogP contribution in [0.1, 0.15) is 21.5 Å². The molecule has 0 fully saturated rings. The highest BCUT2D eigenvalue weighted by molar-refractivity contribution is 6.06. The van der Waals surface area contributed by atoms with Crippen molar-refractivity contribution < 1.29 is 9.18 Å². The molecule has 2 aromatic rings. The van der Waals surface area contributed by atoms with E-state index in [0.717, 1.165) is 11.3 Å². The monoisotopic (exact) mass is 272 g/mol. The number of nitrogens with zero attached hydrogens (tertiary/aromatic N) is 1. The van der Waals surface area contributed by atoms with Gasteiger partial charge >= 0.3 is 0 Å². The van der Waals surface area contributed by atoms with Crippen molar-refractivity contribution in [1.29, 1.82) is 0 Å². The Morgan fingerprint density at radius 2 is 1.95 bits per heavy atom. The molecule has 0 saturated heterocycles. The van der Waals surface area contributed by atoms with Crippen LogP contribution in [0.4, 0.5) is 10.1 Å². The lowest BCUT2D eigenvalue weighted by molar-refractivity contribution is 0.0992. The summed E-state index contributed by atoms with van der Waals surface area (Å²) in [6, 6.07) is 11.7. The molecular weight excluding hydrogens is 255 g/mol. The lowest BCUT2D eigenvalue weighted by atomic mass is 10.1. The second-order valence-electron chi connectivity index (χ2n) is 4.71. The number of para-hydroxylation sites is 1. The van der Waals surface area contributed by atoms with Crippen LogP contribution in [0.5, 0.6) is 0 Å². The van der Waals surface area contributed by atoms with Gasteiger partial charge in [-0.25, -0.2) is 4.39 Å². The number of aryl methyl sites for hydroxylation is 1. The number of halogens is 1. The molecule has 0 aromatic heterocycles. The minimum atomic E-state index is -0.408. The third kappa shape index (κ3) is 2.86. The van der Waals surface area contributed by atoms with Gasteiger partial charge in [-0.3, -0.25) is 4.79 Å². The van der Waals surface area contributed by atoms with E-state index in [1.54, 1.807) is 20.0 Å². The van der Waals surface area contributed by atoms with Crippen molar-refractivity contribution >= 4 is 11.6 Å². The lowest BCUT2D eigenvalue weighted by Gasteiger charge is -2.20. The van der Waals surface area contributed by atoms with Gasteiger partial charge in [0.1, 0.15) is 5.82 Å². The Balaban J connectivity index is 2.37. The molecule has 0 saturated carbocycles. The molecule has 0 unspecified atom stereocenters. The molecule has 0 heterocycles. The zero-order valence-corrected chi connectivity index (χ0v) is 11.6. The quantitative estimate of drug-likeness (QED) is 0.934. The maximum absolute atomic E-state index is 13.4. The summed E-state index contributed by atoms with van der Waals surface area (Å²) >= 11 is 0. The number of amides is 1. The second-order valence-corrected chi connectivity index (χ2v) is 4.71. The summed E-state index contributed by atoms with van der Waals surface area (Å²) in [7, 11) is 1.66. The highest BCUT2D eigenvalue weighted by Crippen LogP contribution is 2.21. The Morgan fingerprint density at radius 3 is 2.60 bits per heavy atom. The van der Waals surface area contributed by atoms with Crippen molar-refractivity contribution in [2.75, 3.05) is 11.9 Å². The summed E-state index contributed by atoms with van der Waals surface area (Å²) < 4.78 is 13.4. The lowest BCUT2D eigenvalue weighted by Crippen LogP contribution is -2.27. The zero-order chi connectivity index (χ0) is 14.7. The number of hydrogen-bond donors (Lipinski definition) is 1. The second kappa shape index (κ2) is 5.84. The Kier molecular flexibility index (Phi) is 4.15. The molecule has 20 heavy (non-hydrogen) atoms. The number of benzene rings is 2. The predicted octanol–water partition coefficient (Wildman–Crippen LogP) is 2.87. The van der Waals surface area contributed by atoms with Crippen LogP contribution in [-0.2, 0) is 6.54 Å². The fourth-order valence-corrected chi connectivity index (χ4v) is 2.17. The van der Waals surface area contributed by atoms with Crippen LogP contribution in [0.2, 0.25) is 0 Å². The Hall–Kier alpha value is -2.20. The number of carbonyl (C=O) groups is 1. The third-order valence-electron chi connectivity index (χ3n) is 3.17.